The Balaban J connectivity index is 0.000000286. The molecule has 1 saturated heterocycles. The van der Waals surface area contributed by atoms with Crippen LogP contribution in [0.5, 0.6) is 0 Å². The molecule has 0 spiro atoms. The van der Waals surface area contributed by atoms with Crippen LogP contribution in [0.25, 0.3) is 0 Å². The molecule has 2 unspecified atom stereocenters. The van der Waals surface area contributed by atoms with Crippen LogP contribution in [0.2, 0.25) is 0 Å². The van der Waals surface area contributed by atoms with Gasteiger partial charge in [0.15, 0.2) is 0 Å². The van der Waals surface area contributed by atoms with Crippen LogP contribution in [0.1, 0.15) is 18.6 Å². The van der Waals surface area contributed by atoms with Gasteiger partial charge in [0.25, 0.3) is 0 Å². The zero-order valence-electron chi connectivity index (χ0n) is 12.0. The third-order valence-electron chi connectivity index (χ3n) is 3.24. The van der Waals surface area contributed by atoms with E-state index >= 15 is 0 Å². The predicted molar refractivity (Wildman–Crippen MR) is 76.3 cm³/mol. The third kappa shape index (κ3) is 5.71. The number of benzene rings is 1. The van der Waals surface area contributed by atoms with Crippen LogP contribution in [0.15, 0.2) is 30.3 Å². The first-order valence-electron chi connectivity index (χ1n) is 6.33. The van der Waals surface area contributed by atoms with Crippen molar-refractivity contribution in [2.45, 2.75) is 19.1 Å². The molecule has 1 aromatic carbocycles. The van der Waals surface area contributed by atoms with E-state index in [-0.39, 0.29) is 6.10 Å². The molecular weight excluding hydrogens is 281 g/mol. The van der Waals surface area contributed by atoms with E-state index in [0.717, 1.165) is 20.3 Å². The second-order valence-corrected chi connectivity index (χ2v) is 5.94. The molecule has 1 heterocycles. The maximum Gasteiger partial charge on any atom is 0.469 e. The molecule has 7 heteroatoms. The normalized spacial score (nSPS) is 23.9. The summed E-state index contributed by atoms with van der Waals surface area (Å²) in [6, 6.07) is 10.9. The lowest BCUT2D eigenvalue weighted by molar-refractivity contribution is -0.0571. The molecule has 0 radical (unpaired) electrons. The second-order valence-electron chi connectivity index (χ2n) is 4.60. The minimum atomic E-state index is -4.15. The number of phosphoric acid groups is 1. The molecule has 0 saturated carbocycles. The quantitative estimate of drug-likeness (QED) is 0.811. The Morgan fingerprint density at radius 2 is 1.90 bits per heavy atom. The highest BCUT2D eigenvalue weighted by Gasteiger charge is 2.27. The lowest BCUT2D eigenvalue weighted by atomic mass is 10.0. The fourth-order valence-electron chi connectivity index (χ4n) is 1.92. The van der Waals surface area contributed by atoms with Gasteiger partial charge in [0.1, 0.15) is 0 Å². The first-order valence-corrected chi connectivity index (χ1v) is 7.86. The van der Waals surface area contributed by atoms with Gasteiger partial charge in [-0.1, -0.05) is 30.3 Å². The summed E-state index contributed by atoms with van der Waals surface area (Å²) in [5.74, 6) is 0. The van der Waals surface area contributed by atoms with Crippen molar-refractivity contribution in [3.05, 3.63) is 35.9 Å². The molecule has 0 aliphatic carbocycles. The van der Waals surface area contributed by atoms with Gasteiger partial charge in [0.2, 0.25) is 0 Å². The average Bonchev–Trinajstić information content (AvgIpc) is 2.43. The Bertz CT molecular complexity index is 436. The Hall–Kier alpha value is -0.750. The molecule has 2 rings (SSSR count). The maximum atomic E-state index is 9.47. The highest BCUT2D eigenvalue weighted by Crippen LogP contribution is 2.33. The summed E-state index contributed by atoms with van der Waals surface area (Å²) in [4.78, 5) is 17.8. The van der Waals surface area contributed by atoms with Crippen LogP contribution in [0.3, 0.4) is 0 Å². The van der Waals surface area contributed by atoms with Gasteiger partial charge in [-0.3, -0.25) is 9.42 Å². The topological polar surface area (TPSA) is 79.2 Å². The fourth-order valence-corrected chi connectivity index (χ4v) is 1.92. The van der Waals surface area contributed by atoms with E-state index < -0.39 is 7.82 Å². The largest absolute Gasteiger partial charge is 0.469 e. The molecule has 0 bridgehead atoms. The van der Waals surface area contributed by atoms with E-state index in [9.17, 15) is 4.57 Å². The Morgan fingerprint density at radius 1 is 1.35 bits per heavy atom. The first-order chi connectivity index (χ1) is 9.35. The summed E-state index contributed by atoms with van der Waals surface area (Å²) >= 11 is 0. The lowest BCUT2D eigenvalue weighted by Gasteiger charge is -2.37. The number of rotatable bonds is 2. The zero-order chi connectivity index (χ0) is 15.2. The Kier molecular flexibility index (Phi) is 6.82. The summed E-state index contributed by atoms with van der Waals surface area (Å²) in [6.07, 6.45) is 0.231. The monoisotopic (exact) mass is 303 g/mol. The summed E-state index contributed by atoms with van der Waals surface area (Å²) in [7, 11) is -1.05. The van der Waals surface area contributed by atoms with E-state index in [1.54, 1.807) is 0 Å². The third-order valence-corrected chi connectivity index (χ3v) is 3.72. The molecule has 20 heavy (non-hydrogen) atoms. The van der Waals surface area contributed by atoms with Crippen molar-refractivity contribution < 1.29 is 23.6 Å². The van der Waals surface area contributed by atoms with Crippen LogP contribution in [0.4, 0.5) is 0 Å². The van der Waals surface area contributed by atoms with Crippen molar-refractivity contribution in [2.75, 3.05) is 27.3 Å². The minimum Gasteiger partial charge on any atom is -0.371 e. The Labute approximate surface area is 119 Å². The molecule has 1 fully saturated rings. The number of morpholine rings is 1. The van der Waals surface area contributed by atoms with E-state index in [1.165, 1.54) is 5.56 Å². The maximum absolute atomic E-state index is 9.47. The summed E-state index contributed by atoms with van der Waals surface area (Å²) in [6.45, 7) is 4.09. The minimum absolute atomic E-state index is 0.231. The lowest BCUT2D eigenvalue weighted by Crippen LogP contribution is -2.42. The SMILES string of the molecule is CC1C(c2ccccc2)OCCN1C.COP(=O)(O)O. The predicted octanol–water partition coefficient (Wildman–Crippen LogP) is 1.80. The number of hydrogen-bond acceptors (Lipinski definition) is 4. The van der Waals surface area contributed by atoms with Gasteiger partial charge in [0.05, 0.1) is 12.7 Å². The fraction of sp³-hybridized carbons (Fsp3) is 0.538. The number of hydrogen-bond donors (Lipinski definition) is 2. The van der Waals surface area contributed by atoms with Crippen molar-refractivity contribution in [1.29, 1.82) is 0 Å². The standard InChI is InChI=1S/C12H17NO.CH5O4P/c1-10-12(14-9-8-13(10)2)11-6-4-3-5-7-11;1-5-6(2,3)4/h3-7,10,12H,8-9H2,1-2H3;1H3,(H2,2,3,4). The van der Waals surface area contributed by atoms with Crippen molar-refractivity contribution in [3.8, 4) is 0 Å². The van der Waals surface area contributed by atoms with E-state index in [2.05, 4.69) is 47.7 Å². The summed E-state index contributed by atoms with van der Waals surface area (Å²) < 4.78 is 18.9. The van der Waals surface area contributed by atoms with Crippen molar-refractivity contribution >= 4 is 7.82 Å². The van der Waals surface area contributed by atoms with Crippen LogP contribution < -0.4 is 0 Å². The number of likely N-dealkylation sites (N-methyl/N-ethyl adjacent to an activating group) is 1. The molecule has 2 atom stereocenters. The Morgan fingerprint density at radius 3 is 2.40 bits per heavy atom. The molecule has 1 aliphatic heterocycles. The van der Waals surface area contributed by atoms with Gasteiger partial charge in [-0.15, -0.1) is 0 Å². The number of phosphoric ester groups is 1. The van der Waals surface area contributed by atoms with Gasteiger partial charge in [-0.25, -0.2) is 4.57 Å². The van der Waals surface area contributed by atoms with Crippen molar-refractivity contribution in [2.24, 2.45) is 0 Å². The van der Waals surface area contributed by atoms with Gasteiger partial charge >= 0.3 is 7.82 Å². The van der Waals surface area contributed by atoms with Gasteiger partial charge in [0, 0.05) is 19.7 Å². The second kappa shape index (κ2) is 7.88. The molecule has 114 valence electrons. The molecule has 6 nitrogen and oxygen atoms in total. The van der Waals surface area contributed by atoms with E-state index in [0.29, 0.717) is 6.04 Å². The van der Waals surface area contributed by atoms with Gasteiger partial charge in [-0.05, 0) is 19.5 Å². The van der Waals surface area contributed by atoms with Crippen LogP contribution >= 0.6 is 7.82 Å². The highest BCUT2D eigenvalue weighted by molar-refractivity contribution is 7.46. The first kappa shape index (κ1) is 17.3. The van der Waals surface area contributed by atoms with E-state index in [1.807, 2.05) is 6.07 Å². The smallest absolute Gasteiger partial charge is 0.371 e. The summed E-state index contributed by atoms with van der Waals surface area (Å²) in [5.41, 5.74) is 1.28. The summed E-state index contributed by atoms with van der Waals surface area (Å²) in [5, 5.41) is 0. The molecular formula is C13H22NO5P. The molecule has 1 aromatic rings. The molecule has 0 aromatic heterocycles. The van der Waals surface area contributed by atoms with Crippen molar-refractivity contribution in [1.82, 2.24) is 4.90 Å². The molecule has 2 N–H and O–H groups in total. The van der Waals surface area contributed by atoms with Crippen LogP contribution in [-0.2, 0) is 13.8 Å². The van der Waals surface area contributed by atoms with E-state index in [4.69, 9.17) is 14.5 Å². The van der Waals surface area contributed by atoms with Crippen LogP contribution in [0, 0.1) is 0 Å². The highest BCUT2D eigenvalue weighted by atomic mass is 31.2. The van der Waals surface area contributed by atoms with Gasteiger partial charge in [-0.2, -0.15) is 0 Å². The zero-order valence-corrected chi connectivity index (χ0v) is 12.9. The van der Waals surface area contributed by atoms with Crippen molar-refractivity contribution in [3.63, 3.8) is 0 Å². The number of nitrogens with zero attached hydrogens (tertiary/aromatic N) is 1. The molecule has 1 aliphatic rings. The number of ether oxygens (including phenoxy) is 1. The van der Waals surface area contributed by atoms with Gasteiger partial charge < -0.3 is 14.5 Å². The average molecular weight is 303 g/mol. The molecule has 0 amide bonds. The van der Waals surface area contributed by atoms with Crippen LogP contribution in [-0.4, -0.2) is 48.0 Å².